The van der Waals surface area contributed by atoms with Crippen molar-refractivity contribution in [1.29, 1.82) is 0 Å². The van der Waals surface area contributed by atoms with Crippen molar-refractivity contribution in [1.82, 2.24) is 10.3 Å². The Hall–Kier alpha value is -1.95. The Morgan fingerprint density at radius 2 is 1.90 bits per heavy atom. The summed E-state index contributed by atoms with van der Waals surface area (Å²) in [5.74, 6) is 7.97. The zero-order chi connectivity index (χ0) is 14.8. The van der Waals surface area contributed by atoms with Gasteiger partial charge >= 0.3 is 0 Å². The van der Waals surface area contributed by atoms with Crippen molar-refractivity contribution in [2.75, 3.05) is 20.8 Å². The normalized spacial score (nSPS) is 18.2. The molecule has 2 aliphatic rings. The smallest absolute Gasteiger partial charge is 0.208 e. The molecule has 0 spiro atoms. The van der Waals surface area contributed by atoms with Gasteiger partial charge in [-0.3, -0.25) is 5.43 Å². The van der Waals surface area contributed by atoms with E-state index in [9.17, 15) is 0 Å². The molecule has 1 aromatic rings. The van der Waals surface area contributed by atoms with Crippen molar-refractivity contribution >= 4 is 5.96 Å². The maximum absolute atomic E-state index is 5.63. The molecule has 6 nitrogen and oxygen atoms in total. The van der Waals surface area contributed by atoms with E-state index in [0.717, 1.165) is 37.0 Å². The molecule has 0 atom stereocenters. The lowest BCUT2D eigenvalue weighted by molar-refractivity contribution is 0.346. The van der Waals surface area contributed by atoms with Gasteiger partial charge in [-0.25, -0.2) is 10.8 Å². The molecule has 1 heterocycles. The molecule has 0 unspecified atom stereocenters. The second kappa shape index (κ2) is 5.81. The van der Waals surface area contributed by atoms with Crippen LogP contribution in [0.25, 0.3) is 0 Å². The van der Waals surface area contributed by atoms with Crippen LogP contribution in [-0.2, 0) is 13.0 Å². The number of hydrogen-bond donors (Lipinski definition) is 2. The van der Waals surface area contributed by atoms with Crippen LogP contribution < -0.4 is 20.7 Å². The summed E-state index contributed by atoms with van der Waals surface area (Å²) in [6.07, 6.45) is 3.28. The third-order valence-electron chi connectivity index (χ3n) is 4.00. The van der Waals surface area contributed by atoms with Crippen LogP contribution in [0.15, 0.2) is 17.1 Å². The summed E-state index contributed by atoms with van der Waals surface area (Å²) in [6, 6.07) is 4.56. The predicted molar refractivity (Wildman–Crippen MR) is 81.4 cm³/mol. The van der Waals surface area contributed by atoms with Crippen LogP contribution >= 0.6 is 0 Å². The summed E-state index contributed by atoms with van der Waals surface area (Å²) in [7, 11) is 3.32. The zero-order valence-electron chi connectivity index (χ0n) is 12.6. The number of methoxy groups -OCH3 is 2. The van der Waals surface area contributed by atoms with E-state index in [4.69, 9.17) is 15.3 Å². The quantitative estimate of drug-likeness (QED) is 0.377. The van der Waals surface area contributed by atoms with Crippen molar-refractivity contribution in [3.8, 4) is 11.5 Å². The first kappa shape index (κ1) is 14.0. The minimum atomic E-state index is 0.447. The Kier molecular flexibility index (Phi) is 3.88. The zero-order valence-corrected chi connectivity index (χ0v) is 12.6. The SMILES string of the molecule is COc1cc2c(cc1OC)CN(C(=NC1CC1)NN)CC2. The predicted octanol–water partition coefficient (Wildman–Crippen LogP) is 1.04. The molecule has 1 aromatic carbocycles. The maximum atomic E-state index is 5.63. The van der Waals surface area contributed by atoms with E-state index >= 15 is 0 Å². The lowest BCUT2D eigenvalue weighted by Crippen LogP contribution is -2.47. The van der Waals surface area contributed by atoms with Crippen LogP contribution in [-0.4, -0.2) is 37.7 Å². The first-order valence-corrected chi connectivity index (χ1v) is 7.28. The van der Waals surface area contributed by atoms with Gasteiger partial charge in [0.1, 0.15) is 0 Å². The van der Waals surface area contributed by atoms with Crippen LogP contribution in [0.4, 0.5) is 0 Å². The fourth-order valence-electron chi connectivity index (χ4n) is 2.65. The fraction of sp³-hybridized carbons (Fsp3) is 0.533. The molecule has 0 aromatic heterocycles. The molecule has 1 fully saturated rings. The van der Waals surface area contributed by atoms with E-state index in [1.54, 1.807) is 14.2 Å². The average molecular weight is 290 g/mol. The number of benzene rings is 1. The Labute approximate surface area is 124 Å². The topological polar surface area (TPSA) is 72.1 Å². The standard InChI is InChI=1S/C15H22N4O2/c1-20-13-7-10-5-6-19(9-11(10)8-14(13)21-2)15(18-16)17-12-3-4-12/h7-8,12H,3-6,9,16H2,1-2H3,(H,17,18). The number of hydrogen-bond acceptors (Lipinski definition) is 4. The highest BCUT2D eigenvalue weighted by Gasteiger charge is 2.25. The molecule has 6 heteroatoms. The van der Waals surface area contributed by atoms with Crippen LogP contribution in [0, 0.1) is 0 Å². The van der Waals surface area contributed by atoms with Crippen molar-refractivity contribution in [3.63, 3.8) is 0 Å². The van der Waals surface area contributed by atoms with Crippen LogP contribution in [0.1, 0.15) is 24.0 Å². The molecule has 3 N–H and O–H groups in total. The van der Waals surface area contributed by atoms with Crippen LogP contribution in [0.5, 0.6) is 11.5 Å². The van der Waals surface area contributed by atoms with Gasteiger partial charge in [-0.2, -0.15) is 0 Å². The molecule has 0 amide bonds. The van der Waals surface area contributed by atoms with E-state index in [1.807, 2.05) is 6.07 Å². The van der Waals surface area contributed by atoms with Crippen molar-refractivity contribution in [2.24, 2.45) is 10.8 Å². The number of ether oxygens (including phenoxy) is 2. The molecule has 0 radical (unpaired) electrons. The van der Waals surface area contributed by atoms with Gasteiger partial charge in [0.2, 0.25) is 5.96 Å². The summed E-state index contributed by atoms with van der Waals surface area (Å²) in [6.45, 7) is 1.68. The maximum Gasteiger partial charge on any atom is 0.208 e. The Balaban J connectivity index is 1.84. The number of nitrogens with zero attached hydrogens (tertiary/aromatic N) is 2. The summed E-state index contributed by atoms with van der Waals surface area (Å²) in [5.41, 5.74) is 5.28. The Morgan fingerprint density at radius 3 is 2.48 bits per heavy atom. The van der Waals surface area contributed by atoms with Gasteiger partial charge in [0, 0.05) is 13.1 Å². The monoisotopic (exact) mass is 290 g/mol. The number of rotatable bonds is 3. The molecule has 1 saturated carbocycles. The second-order valence-corrected chi connectivity index (χ2v) is 5.48. The van der Waals surface area contributed by atoms with E-state index < -0.39 is 0 Å². The van der Waals surface area contributed by atoms with Crippen LogP contribution in [0.2, 0.25) is 0 Å². The fourth-order valence-corrected chi connectivity index (χ4v) is 2.65. The minimum absolute atomic E-state index is 0.447. The van der Waals surface area contributed by atoms with Gasteiger partial charge in [-0.1, -0.05) is 0 Å². The number of nitrogens with two attached hydrogens (primary N) is 1. The first-order chi connectivity index (χ1) is 10.2. The molecule has 1 aliphatic heterocycles. The largest absolute Gasteiger partial charge is 0.493 e. The molecule has 114 valence electrons. The molecule has 0 saturated heterocycles. The molecular weight excluding hydrogens is 268 g/mol. The molecule has 0 bridgehead atoms. The second-order valence-electron chi connectivity index (χ2n) is 5.48. The summed E-state index contributed by atoms with van der Waals surface area (Å²) < 4.78 is 10.7. The van der Waals surface area contributed by atoms with E-state index in [-0.39, 0.29) is 0 Å². The lowest BCUT2D eigenvalue weighted by atomic mass is 9.99. The third kappa shape index (κ3) is 2.90. The molecule has 3 rings (SSSR count). The third-order valence-corrected chi connectivity index (χ3v) is 4.00. The first-order valence-electron chi connectivity index (χ1n) is 7.28. The number of guanidine groups is 1. The van der Waals surface area contributed by atoms with E-state index in [1.165, 1.54) is 24.0 Å². The molecule has 1 aliphatic carbocycles. The van der Waals surface area contributed by atoms with Gasteiger partial charge in [0.25, 0.3) is 0 Å². The summed E-state index contributed by atoms with van der Waals surface area (Å²) in [4.78, 5) is 6.82. The summed E-state index contributed by atoms with van der Waals surface area (Å²) >= 11 is 0. The number of aliphatic imine (C=N–C) groups is 1. The molecular formula is C15H22N4O2. The number of nitrogens with one attached hydrogen (secondary N) is 1. The average Bonchev–Trinajstić information content (AvgIpc) is 3.34. The number of hydrazine groups is 1. The van der Waals surface area contributed by atoms with Gasteiger partial charge in [0.05, 0.1) is 20.3 Å². The van der Waals surface area contributed by atoms with Gasteiger partial charge in [-0.05, 0) is 42.5 Å². The van der Waals surface area contributed by atoms with Gasteiger partial charge < -0.3 is 14.4 Å². The van der Waals surface area contributed by atoms with Gasteiger partial charge in [-0.15, -0.1) is 0 Å². The Bertz CT molecular complexity index is 555. The summed E-state index contributed by atoms with van der Waals surface area (Å²) in [5, 5.41) is 0. The van der Waals surface area contributed by atoms with Crippen LogP contribution in [0.3, 0.4) is 0 Å². The highest BCUT2D eigenvalue weighted by molar-refractivity contribution is 5.80. The Morgan fingerprint density at radius 1 is 1.24 bits per heavy atom. The van der Waals surface area contributed by atoms with E-state index in [2.05, 4.69) is 21.4 Å². The highest BCUT2D eigenvalue weighted by atomic mass is 16.5. The van der Waals surface area contributed by atoms with Gasteiger partial charge in [0.15, 0.2) is 11.5 Å². The number of fused-ring (bicyclic) bond motifs is 1. The van der Waals surface area contributed by atoms with Crippen molar-refractivity contribution in [3.05, 3.63) is 23.3 Å². The molecule has 21 heavy (non-hydrogen) atoms. The van der Waals surface area contributed by atoms with E-state index in [0.29, 0.717) is 6.04 Å². The van der Waals surface area contributed by atoms with Crippen molar-refractivity contribution in [2.45, 2.75) is 31.8 Å². The van der Waals surface area contributed by atoms with Crippen molar-refractivity contribution < 1.29 is 9.47 Å². The minimum Gasteiger partial charge on any atom is -0.493 e. The highest BCUT2D eigenvalue weighted by Crippen LogP contribution is 2.33. The lowest BCUT2D eigenvalue weighted by Gasteiger charge is -2.31.